The highest BCUT2D eigenvalue weighted by Gasteiger charge is 2.47. The molecule has 0 aromatic heterocycles. The number of nitrogens with one attached hydrogen (secondary N) is 2. The van der Waals surface area contributed by atoms with Crippen molar-refractivity contribution in [3.05, 3.63) is 29.8 Å². The highest BCUT2D eigenvalue weighted by molar-refractivity contribution is 6.08. The van der Waals surface area contributed by atoms with E-state index in [9.17, 15) is 19.2 Å². The van der Waals surface area contributed by atoms with Gasteiger partial charge in [-0.3, -0.25) is 19.3 Å². The molecule has 9 nitrogen and oxygen atoms in total. The maximum atomic E-state index is 12.2. The van der Waals surface area contributed by atoms with Crippen LogP contribution in [0, 0.1) is 0 Å². The molecule has 1 aliphatic rings. The van der Waals surface area contributed by atoms with Crippen LogP contribution >= 0.6 is 0 Å². The largest absolute Gasteiger partial charge is 0.496 e. The number of hydrogen-bond donors (Lipinski definition) is 2. The fraction of sp³-hybridized carbons (Fsp3) is 0.444. The molecule has 4 amide bonds. The van der Waals surface area contributed by atoms with Crippen LogP contribution in [0.15, 0.2) is 24.3 Å². The molecule has 27 heavy (non-hydrogen) atoms. The van der Waals surface area contributed by atoms with Gasteiger partial charge in [-0.05, 0) is 19.4 Å². The van der Waals surface area contributed by atoms with Gasteiger partial charge in [0.1, 0.15) is 17.8 Å². The van der Waals surface area contributed by atoms with Crippen LogP contribution in [0.3, 0.4) is 0 Å². The number of amides is 4. The van der Waals surface area contributed by atoms with Gasteiger partial charge in [0.25, 0.3) is 11.8 Å². The third kappa shape index (κ3) is 4.75. The van der Waals surface area contributed by atoms with Crippen LogP contribution in [-0.2, 0) is 25.7 Å². The minimum absolute atomic E-state index is 0.211. The lowest BCUT2D eigenvalue weighted by Crippen LogP contribution is -2.43. The molecular formula is C18H23N3O6. The summed E-state index contributed by atoms with van der Waals surface area (Å²) in [7, 11) is 1.53. The molecule has 1 aromatic carbocycles. The summed E-state index contributed by atoms with van der Waals surface area (Å²) in [6.45, 7) is 2.50. The Morgan fingerprint density at radius 3 is 2.59 bits per heavy atom. The Kier molecular flexibility index (Phi) is 6.38. The Hall–Kier alpha value is -3.10. The molecule has 0 unspecified atom stereocenters. The van der Waals surface area contributed by atoms with Crippen molar-refractivity contribution in [1.29, 1.82) is 0 Å². The van der Waals surface area contributed by atoms with Gasteiger partial charge in [0.05, 0.1) is 7.11 Å². The number of ether oxygens (including phenoxy) is 2. The van der Waals surface area contributed by atoms with Gasteiger partial charge in [-0.1, -0.05) is 25.1 Å². The molecule has 1 heterocycles. The van der Waals surface area contributed by atoms with Crippen LogP contribution in [0.1, 0.15) is 25.8 Å². The first-order chi connectivity index (χ1) is 12.8. The second kappa shape index (κ2) is 8.52. The Labute approximate surface area is 157 Å². The molecule has 0 bridgehead atoms. The second-order valence-corrected chi connectivity index (χ2v) is 6.26. The van der Waals surface area contributed by atoms with Crippen molar-refractivity contribution < 1.29 is 28.7 Å². The Balaban J connectivity index is 1.79. The van der Waals surface area contributed by atoms with Crippen molar-refractivity contribution in [2.45, 2.75) is 32.4 Å². The fourth-order valence-electron chi connectivity index (χ4n) is 2.54. The number of para-hydroxylation sites is 1. The third-order valence-electron chi connectivity index (χ3n) is 4.37. The zero-order valence-corrected chi connectivity index (χ0v) is 15.5. The van der Waals surface area contributed by atoms with E-state index < -0.39 is 42.5 Å². The predicted octanol–water partition coefficient (Wildman–Crippen LogP) is 0.575. The van der Waals surface area contributed by atoms with Crippen molar-refractivity contribution in [2.24, 2.45) is 0 Å². The van der Waals surface area contributed by atoms with Gasteiger partial charge in [0.2, 0.25) is 0 Å². The number of hydrogen-bond acceptors (Lipinski definition) is 6. The molecule has 1 aromatic rings. The number of nitrogens with zero attached hydrogens (tertiary/aromatic N) is 1. The van der Waals surface area contributed by atoms with Gasteiger partial charge in [-0.2, -0.15) is 0 Å². The number of carbonyl (C=O) groups is 4. The first-order valence-corrected chi connectivity index (χ1v) is 8.49. The molecular weight excluding hydrogens is 354 g/mol. The first kappa shape index (κ1) is 20.2. The van der Waals surface area contributed by atoms with Crippen LogP contribution in [0.2, 0.25) is 0 Å². The number of methoxy groups -OCH3 is 1. The lowest BCUT2D eigenvalue weighted by atomic mass is 9.99. The van der Waals surface area contributed by atoms with Crippen LogP contribution in [-0.4, -0.2) is 54.5 Å². The maximum absolute atomic E-state index is 12.2. The summed E-state index contributed by atoms with van der Waals surface area (Å²) in [6, 6.07) is 6.54. The second-order valence-electron chi connectivity index (χ2n) is 6.26. The summed E-state index contributed by atoms with van der Waals surface area (Å²) >= 11 is 0. The molecule has 146 valence electrons. The quantitative estimate of drug-likeness (QED) is 0.506. The lowest BCUT2D eigenvalue weighted by molar-refractivity contribution is -0.151. The molecule has 0 saturated carbocycles. The zero-order valence-electron chi connectivity index (χ0n) is 15.5. The van der Waals surface area contributed by atoms with Gasteiger partial charge in [-0.25, -0.2) is 4.79 Å². The number of imide groups is 1. The monoisotopic (exact) mass is 377 g/mol. The topological polar surface area (TPSA) is 114 Å². The molecule has 0 spiro atoms. The molecule has 1 atom stereocenters. The Morgan fingerprint density at radius 1 is 1.26 bits per heavy atom. The summed E-state index contributed by atoms with van der Waals surface area (Å²) in [6.07, 6.45) is 0.397. The summed E-state index contributed by atoms with van der Waals surface area (Å²) < 4.78 is 10.0. The smallest absolute Gasteiger partial charge is 0.326 e. The highest BCUT2D eigenvalue weighted by atomic mass is 16.5. The molecule has 2 N–H and O–H groups in total. The van der Waals surface area contributed by atoms with E-state index in [1.807, 2.05) is 12.1 Å². The minimum Gasteiger partial charge on any atom is -0.496 e. The molecule has 0 radical (unpaired) electrons. The van der Waals surface area contributed by atoms with E-state index in [0.717, 1.165) is 10.5 Å². The Bertz CT molecular complexity index is 750. The summed E-state index contributed by atoms with van der Waals surface area (Å²) in [4.78, 5) is 48.6. The molecule has 1 saturated heterocycles. The van der Waals surface area contributed by atoms with Gasteiger partial charge < -0.3 is 20.1 Å². The highest BCUT2D eigenvalue weighted by Crippen LogP contribution is 2.20. The van der Waals surface area contributed by atoms with Crippen molar-refractivity contribution in [2.75, 3.05) is 20.3 Å². The van der Waals surface area contributed by atoms with Gasteiger partial charge in [0, 0.05) is 12.1 Å². The van der Waals surface area contributed by atoms with Crippen molar-refractivity contribution >= 4 is 23.8 Å². The van der Waals surface area contributed by atoms with E-state index in [2.05, 4.69) is 10.6 Å². The molecule has 1 aliphatic heterocycles. The Morgan fingerprint density at radius 2 is 1.96 bits per heavy atom. The van der Waals surface area contributed by atoms with Crippen LogP contribution < -0.4 is 15.4 Å². The van der Waals surface area contributed by atoms with E-state index in [1.165, 1.54) is 7.11 Å². The van der Waals surface area contributed by atoms with Crippen molar-refractivity contribution in [3.63, 3.8) is 0 Å². The number of benzene rings is 1. The lowest BCUT2D eigenvalue weighted by Gasteiger charge is -2.18. The number of urea groups is 1. The fourth-order valence-corrected chi connectivity index (χ4v) is 2.54. The maximum Gasteiger partial charge on any atom is 0.326 e. The average molecular weight is 377 g/mol. The van der Waals surface area contributed by atoms with E-state index in [-0.39, 0.29) is 6.54 Å². The summed E-state index contributed by atoms with van der Waals surface area (Å²) in [5, 5.41) is 5.14. The summed E-state index contributed by atoms with van der Waals surface area (Å²) in [5.74, 6) is -1.21. The van der Waals surface area contributed by atoms with Crippen LogP contribution in [0.4, 0.5) is 4.79 Å². The zero-order chi connectivity index (χ0) is 20.0. The SMILES string of the molecule is CC[C@]1(C)NC(=O)N(CC(=O)OCC(=O)NCc2ccccc2OC)C1=O. The number of carbonyl (C=O) groups excluding carboxylic acids is 4. The standard InChI is InChI=1S/C18H23N3O6/c1-4-18(2)16(24)21(17(25)20-18)10-15(23)27-11-14(22)19-9-12-7-5-6-8-13(12)26-3/h5-8H,4,9-11H2,1-3H3,(H,19,22)(H,20,25)/t18-/m0/s1. The van der Waals surface area contributed by atoms with Crippen molar-refractivity contribution in [3.8, 4) is 5.75 Å². The number of rotatable bonds is 8. The van der Waals surface area contributed by atoms with E-state index in [1.54, 1.807) is 26.0 Å². The predicted molar refractivity (Wildman–Crippen MR) is 94.7 cm³/mol. The third-order valence-corrected chi connectivity index (χ3v) is 4.37. The molecule has 1 fully saturated rings. The molecule has 0 aliphatic carbocycles. The number of esters is 1. The van der Waals surface area contributed by atoms with Crippen LogP contribution in [0.25, 0.3) is 0 Å². The van der Waals surface area contributed by atoms with Gasteiger partial charge in [-0.15, -0.1) is 0 Å². The first-order valence-electron chi connectivity index (χ1n) is 8.49. The summed E-state index contributed by atoms with van der Waals surface area (Å²) in [5.41, 5.74) is -0.249. The normalized spacial score (nSPS) is 18.9. The van der Waals surface area contributed by atoms with Crippen molar-refractivity contribution in [1.82, 2.24) is 15.5 Å². The molecule has 2 rings (SSSR count). The minimum atomic E-state index is -1.02. The van der Waals surface area contributed by atoms with E-state index >= 15 is 0 Å². The van der Waals surface area contributed by atoms with Gasteiger partial charge in [0.15, 0.2) is 6.61 Å². The average Bonchev–Trinajstić information content (AvgIpc) is 2.88. The van der Waals surface area contributed by atoms with Crippen LogP contribution in [0.5, 0.6) is 5.75 Å². The molecule has 9 heteroatoms. The van der Waals surface area contributed by atoms with Gasteiger partial charge >= 0.3 is 12.0 Å². The van der Waals surface area contributed by atoms with E-state index in [4.69, 9.17) is 9.47 Å². The van der Waals surface area contributed by atoms with E-state index in [0.29, 0.717) is 12.2 Å².